The molecule has 0 spiro atoms. The monoisotopic (exact) mass is 267 g/mol. The summed E-state index contributed by atoms with van der Waals surface area (Å²) in [4.78, 5) is 12.3. The van der Waals surface area contributed by atoms with Crippen LogP contribution >= 0.6 is 0 Å². The van der Waals surface area contributed by atoms with Crippen LogP contribution < -0.4 is 5.32 Å². The Balaban J connectivity index is 1.80. The van der Waals surface area contributed by atoms with E-state index in [1.807, 2.05) is 0 Å². The number of hydrogen-bond donors (Lipinski definition) is 1. The first-order chi connectivity index (χ1) is 9.26. The van der Waals surface area contributed by atoms with Gasteiger partial charge in [-0.3, -0.25) is 4.79 Å². The molecule has 19 heavy (non-hydrogen) atoms. The van der Waals surface area contributed by atoms with Crippen molar-refractivity contribution in [2.45, 2.75) is 64.2 Å². The van der Waals surface area contributed by atoms with E-state index in [4.69, 9.17) is 4.74 Å². The molecule has 2 fully saturated rings. The van der Waals surface area contributed by atoms with E-state index < -0.39 is 0 Å². The molecule has 0 aromatic rings. The summed E-state index contributed by atoms with van der Waals surface area (Å²) in [5, 5.41) is 3.23. The minimum atomic E-state index is 0.217. The second-order valence-corrected chi connectivity index (χ2v) is 6.55. The molecule has 2 aliphatic carbocycles. The van der Waals surface area contributed by atoms with Gasteiger partial charge in [0.2, 0.25) is 5.91 Å². The van der Waals surface area contributed by atoms with Gasteiger partial charge in [0.25, 0.3) is 0 Å². The molecule has 0 bridgehead atoms. The third kappa shape index (κ3) is 4.20. The van der Waals surface area contributed by atoms with Crippen molar-refractivity contribution in [3.05, 3.63) is 0 Å². The molecule has 3 heteroatoms. The number of rotatable bonds is 5. The van der Waals surface area contributed by atoms with Crippen LogP contribution in [0.1, 0.15) is 64.2 Å². The summed E-state index contributed by atoms with van der Waals surface area (Å²) in [6.07, 6.45) is 12.2. The summed E-state index contributed by atoms with van der Waals surface area (Å²) in [5.74, 6) is 0.563. The van der Waals surface area contributed by atoms with E-state index in [0.29, 0.717) is 5.91 Å². The van der Waals surface area contributed by atoms with Gasteiger partial charge in [0, 0.05) is 25.0 Å². The second kappa shape index (κ2) is 7.28. The molecule has 0 saturated heterocycles. The van der Waals surface area contributed by atoms with Gasteiger partial charge in [-0.1, -0.05) is 38.5 Å². The number of hydrogen-bond acceptors (Lipinski definition) is 2. The summed E-state index contributed by atoms with van der Waals surface area (Å²) in [7, 11) is 1.77. The zero-order valence-corrected chi connectivity index (χ0v) is 12.4. The highest BCUT2D eigenvalue weighted by atomic mass is 16.5. The Kier molecular flexibility index (Phi) is 5.68. The van der Waals surface area contributed by atoms with E-state index in [2.05, 4.69) is 5.32 Å². The molecule has 1 N–H and O–H groups in total. The lowest BCUT2D eigenvalue weighted by atomic mass is 9.86. The van der Waals surface area contributed by atoms with E-state index in [9.17, 15) is 4.79 Å². The summed E-state index contributed by atoms with van der Waals surface area (Å²) >= 11 is 0. The van der Waals surface area contributed by atoms with Crippen molar-refractivity contribution in [2.75, 3.05) is 20.3 Å². The number of methoxy groups -OCH3 is 1. The molecule has 2 saturated carbocycles. The molecule has 0 aliphatic heterocycles. The summed E-state index contributed by atoms with van der Waals surface area (Å²) in [5.41, 5.74) is 0.217. The second-order valence-electron chi connectivity index (χ2n) is 6.55. The SMILES string of the molecule is COCC1(CNC(=O)C2CCCCCC2)CCCC1. The Hall–Kier alpha value is -0.570. The summed E-state index contributed by atoms with van der Waals surface area (Å²) in [6, 6.07) is 0. The maximum Gasteiger partial charge on any atom is 0.223 e. The Morgan fingerprint density at radius 3 is 2.32 bits per heavy atom. The van der Waals surface area contributed by atoms with Crippen molar-refractivity contribution in [3.63, 3.8) is 0 Å². The van der Waals surface area contributed by atoms with Crippen LogP contribution in [0.2, 0.25) is 0 Å². The lowest BCUT2D eigenvalue weighted by Gasteiger charge is -2.29. The highest BCUT2D eigenvalue weighted by molar-refractivity contribution is 5.78. The zero-order valence-electron chi connectivity index (χ0n) is 12.4. The van der Waals surface area contributed by atoms with E-state index in [1.165, 1.54) is 51.4 Å². The minimum Gasteiger partial charge on any atom is -0.384 e. The van der Waals surface area contributed by atoms with Crippen LogP contribution in [0.25, 0.3) is 0 Å². The molecule has 3 nitrogen and oxygen atoms in total. The average molecular weight is 267 g/mol. The molecule has 0 atom stereocenters. The van der Waals surface area contributed by atoms with E-state index in [-0.39, 0.29) is 11.3 Å². The lowest BCUT2D eigenvalue weighted by molar-refractivity contribution is -0.126. The topological polar surface area (TPSA) is 38.3 Å². The van der Waals surface area contributed by atoms with Crippen molar-refractivity contribution in [1.29, 1.82) is 0 Å². The van der Waals surface area contributed by atoms with Gasteiger partial charge in [0.15, 0.2) is 0 Å². The third-order valence-electron chi connectivity index (χ3n) is 4.98. The zero-order chi connectivity index (χ0) is 13.6. The molecule has 0 unspecified atom stereocenters. The highest BCUT2D eigenvalue weighted by Gasteiger charge is 2.34. The smallest absolute Gasteiger partial charge is 0.223 e. The van der Waals surface area contributed by atoms with Crippen LogP contribution in [0, 0.1) is 11.3 Å². The molecule has 2 aliphatic rings. The molecule has 0 radical (unpaired) electrons. The first-order valence-corrected chi connectivity index (χ1v) is 8.02. The predicted octanol–water partition coefficient (Wildman–Crippen LogP) is 3.28. The number of ether oxygens (including phenoxy) is 1. The van der Waals surface area contributed by atoms with E-state index in [0.717, 1.165) is 26.0 Å². The van der Waals surface area contributed by atoms with Crippen molar-refractivity contribution >= 4 is 5.91 Å². The summed E-state index contributed by atoms with van der Waals surface area (Å²) < 4.78 is 5.38. The number of carbonyl (C=O) groups is 1. The molecule has 0 aromatic carbocycles. The molecular weight excluding hydrogens is 238 g/mol. The number of carbonyl (C=O) groups excluding carboxylic acids is 1. The first-order valence-electron chi connectivity index (χ1n) is 8.02. The van der Waals surface area contributed by atoms with Crippen molar-refractivity contribution in [2.24, 2.45) is 11.3 Å². The van der Waals surface area contributed by atoms with Gasteiger partial charge >= 0.3 is 0 Å². The van der Waals surface area contributed by atoms with Crippen LogP contribution in [0.3, 0.4) is 0 Å². The van der Waals surface area contributed by atoms with Gasteiger partial charge in [0.05, 0.1) is 6.61 Å². The predicted molar refractivity (Wildman–Crippen MR) is 77.0 cm³/mol. The molecule has 110 valence electrons. The van der Waals surface area contributed by atoms with Gasteiger partial charge < -0.3 is 10.1 Å². The van der Waals surface area contributed by atoms with Gasteiger partial charge in [-0.25, -0.2) is 0 Å². The van der Waals surface area contributed by atoms with Gasteiger partial charge in [0.1, 0.15) is 0 Å². The van der Waals surface area contributed by atoms with Gasteiger partial charge in [-0.15, -0.1) is 0 Å². The number of nitrogens with one attached hydrogen (secondary N) is 1. The Bertz CT molecular complexity index is 276. The molecule has 2 rings (SSSR count). The van der Waals surface area contributed by atoms with Crippen LogP contribution in [-0.4, -0.2) is 26.2 Å². The van der Waals surface area contributed by atoms with E-state index in [1.54, 1.807) is 7.11 Å². The average Bonchev–Trinajstić information content (AvgIpc) is 2.71. The first kappa shape index (κ1) is 14.8. The van der Waals surface area contributed by atoms with Crippen LogP contribution in [0.5, 0.6) is 0 Å². The maximum absolute atomic E-state index is 12.3. The standard InChI is InChI=1S/C16H29NO2/c1-19-13-16(10-6-7-11-16)12-17-15(18)14-8-4-2-3-5-9-14/h14H,2-13H2,1H3,(H,17,18). The molecule has 0 aromatic heterocycles. The fraction of sp³-hybridized carbons (Fsp3) is 0.938. The Morgan fingerprint density at radius 1 is 1.11 bits per heavy atom. The fourth-order valence-electron chi connectivity index (χ4n) is 3.76. The lowest BCUT2D eigenvalue weighted by Crippen LogP contribution is -2.41. The molecular formula is C16H29NO2. The Morgan fingerprint density at radius 2 is 1.74 bits per heavy atom. The quantitative estimate of drug-likeness (QED) is 0.776. The maximum atomic E-state index is 12.3. The van der Waals surface area contributed by atoms with Crippen LogP contribution in [-0.2, 0) is 9.53 Å². The van der Waals surface area contributed by atoms with Crippen molar-refractivity contribution < 1.29 is 9.53 Å². The van der Waals surface area contributed by atoms with E-state index >= 15 is 0 Å². The largest absolute Gasteiger partial charge is 0.384 e. The molecule has 1 amide bonds. The fourth-order valence-corrected chi connectivity index (χ4v) is 3.76. The van der Waals surface area contributed by atoms with Crippen LogP contribution in [0.4, 0.5) is 0 Å². The Labute approximate surface area is 117 Å². The summed E-state index contributed by atoms with van der Waals surface area (Å²) in [6.45, 7) is 1.61. The van der Waals surface area contributed by atoms with Crippen LogP contribution in [0.15, 0.2) is 0 Å². The van der Waals surface area contributed by atoms with Crippen molar-refractivity contribution in [3.8, 4) is 0 Å². The third-order valence-corrected chi connectivity index (χ3v) is 4.98. The molecule has 0 heterocycles. The van der Waals surface area contributed by atoms with Crippen molar-refractivity contribution in [1.82, 2.24) is 5.32 Å². The van der Waals surface area contributed by atoms with Gasteiger partial charge in [-0.2, -0.15) is 0 Å². The number of amides is 1. The minimum absolute atomic E-state index is 0.217. The normalized spacial score (nSPS) is 24.1. The van der Waals surface area contributed by atoms with Gasteiger partial charge in [-0.05, 0) is 25.7 Å². The highest BCUT2D eigenvalue weighted by Crippen LogP contribution is 2.37.